The Morgan fingerprint density at radius 3 is 2.86 bits per heavy atom. The molecule has 2 heterocycles. The third-order valence-electron chi connectivity index (χ3n) is 1.69. The maximum atomic E-state index is 5.90. The average Bonchev–Trinajstić information content (AvgIpc) is 2.68. The van der Waals surface area contributed by atoms with Crippen molar-refractivity contribution in [2.75, 3.05) is 0 Å². The van der Waals surface area contributed by atoms with Crippen molar-refractivity contribution in [2.45, 2.75) is 12.3 Å². The van der Waals surface area contributed by atoms with Crippen LogP contribution in [-0.2, 0) is 0 Å². The van der Waals surface area contributed by atoms with Gasteiger partial charge in [0.25, 0.3) is 0 Å². The highest BCUT2D eigenvalue weighted by Gasteiger charge is 2.10. The summed E-state index contributed by atoms with van der Waals surface area (Å²) in [6.45, 7) is 1.88. The Bertz CT molecular complexity index is 413. The van der Waals surface area contributed by atoms with Crippen molar-refractivity contribution < 1.29 is 0 Å². The van der Waals surface area contributed by atoms with Crippen molar-refractivity contribution >= 4 is 22.9 Å². The number of pyridine rings is 1. The third-order valence-corrected chi connectivity index (χ3v) is 3.18. The van der Waals surface area contributed by atoms with E-state index in [9.17, 15) is 0 Å². The number of rotatable bonds is 2. The monoisotopic (exact) mass is 225 g/mol. The van der Waals surface area contributed by atoms with E-state index in [1.807, 2.05) is 19.1 Å². The SMILES string of the molecule is CC(Cl)c1nnc(-c2cccnc2)s1. The number of hydrogen-bond acceptors (Lipinski definition) is 4. The van der Waals surface area contributed by atoms with Crippen LogP contribution in [0.5, 0.6) is 0 Å². The first-order chi connectivity index (χ1) is 6.77. The van der Waals surface area contributed by atoms with Crippen LogP contribution < -0.4 is 0 Å². The Morgan fingerprint density at radius 2 is 2.29 bits per heavy atom. The molecular formula is C9H8ClN3S. The molecule has 0 fully saturated rings. The van der Waals surface area contributed by atoms with E-state index in [4.69, 9.17) is 11.6 Å². The summed E-state index contributed by atoms with van der Waals surface area (Å²) in [4.78, 5) is 4.02. The van der Waals surface area contributed by atoms with E-state index < -0.39 is 0 Å². The summed E-state index contributed by atoms with van der Waals surface area (Å²) in [6.07, 6.45) is 3.50. The number of nitrogens with zero attached hydrogens (tertiary/aromatic N) is 3. The second-order valence-electron chi connectivity index (χ2n) is 2.80. The predicted octanol–water partition coefficient (Wildman–Crippen LogP) is 2.90. The lowest BCUT2D eigenvalue weighted by Gasteiger charge is -1.92. The van der Waals surface area contributed by atoms with Gasteiger partial charge in [0.2, 0.25) is 0 Å². The molecule has 2 rings (SSSR count). The van der Waals surface area contributed by atoms with Crippen molar-refractivity contribution in [2.24, 2.45) is 0 Å². The van der Waals surface area contributed by atoms with Crippen LogP contribution in [0.25, 0.3) is 10.6 Å². The van der Waals surface area contributed by atoms with Gasteiger partial charge in [-0.25, -0.2) is 0 Å². The molecule has 0 aliphatic rings. The highest BCUT2D eigenvalue weighted by atomic mass is 35.5. The van der Waals surface area contributed by atoms with Crippen LogP contribution in [-0.4, -0.2) is 15.2 Å². The number of alkyl halides is 1. The lowest BCUT2D eigenvalue weighted by atomic mass is 10.3. The molecule has 2 aromatic heterocycles. The van der Waals surface area contributed by atoms with Gasteiger partial charge >= 0.3 is 0 Å². The summed E-state index contributed by atoms with van der Waals surface area (Å²) in [7, 11) is 0. The molecule has 0 bridgehead atoms. The maximum Gasteiger partial charge on any atom is 0.149 e. The quantitative estimate of drug-likeness (QED) is 0.738. The summed E-state index contributed by atoms with van der Waals surface area (Å²) in [5.74, 6) is 0. The number of aromatic nitrogens is 3. The van der Waals surface area contributed by atoms with E-state index >= 15 is 0 Å². The zero-order valence-electron chi connectivity index (χ0n) is 7.51. The lowest BCUT2D eigenvalue weighted by Crippen LogP contribution is -1.80. The van der Waals surface area contributed by atoms with E-state index in [1.165, 1.54) is 11.3 Å². The normalized spacial score (nSPS) is 12.7. The molecule has 0 aliphatic heterocycles. The highest BCUT2D eigenvalue weighted by Crippen LogP contribution is 2.28. The van der Waals surface area contributed by atoms with Crippen LogP contribution in [0.15, 0.2) is 24.5 Å². The molecule has 5 heteroatoms. The zero-order chi connectivity index (χ0) is 9.97. The van der Waals surface area contributed by atoms with Gasteiger partial charge in [-0.2, -0.15) is 0 Å². The van der Waals surface area contributed by atoms with E-state index in [0.717, 1.165) is 15.6 Å². The summed E-state index contributed by atoms with van der Waals surface area (Å²) in [5.41, 5.74) is 0.980. The first-order valence-corrected chi connectivity index (χ1v) is 5.40. The minimum absolute atomic E-state index is 0.0853. The van der Waals surface area contributed by atoms with Gasteiger partial charge in [-0.3, -0.25) is 4.98 Å². The van der Waals surface area contributed by atoms with Crippen LogP contribution >= 0.6 is 22.9 Å². The van der Waals surface area contributed by atoms with Gasteiger partial charge in [0, 0.05) is 18.0 Å². The van der Waals surface area contributed by atoms with E-state index in [2.05, 4.69) is 15.2 Å². The fourth-order valence-electron chi connectivity index (χ4n) is 1.00. The van der Waals surface area contributed by atoms with Crippen molar-refractivity contribution in [3.8, 4) is 10.6 Å². The molecule has 0 radical (unpaired) electrons. The zero-order valence-corrected chi connectivity index (χ0v) is 9.09. The van der Waals surface area contributed by atoms with Gasteiger partial charge in [-0.1, -0.05) is 11.3 Å². The van der Waals surface area contributed by atoms with Crippen LogP contribution in [0.4, 0.5) is 0 Å². The first-order valence-electron chi connectivity index (χ1n) is 4.15. The fourth-order valence-corrected chi connectivity index (χ4v) is 1.94. The summed E-state index contributed by atoms with van der Waals surface area (Å²) >= 11 is 7.40. The molecule has 0 saturated carbocycles. The topological polar surface area (TPSA) is 38.7 Å². The standard InChI is InChI=1S/C9H8ClN3S/c1-6(10)8-12-13-9(14-8)7-3-2-4-11-5-7/h2-6H,1H3. The fraction of sp³-hybridized carbons (Fsp3) is 0.222. The smallest absolute Gasteiger partial charge is 0.149 e. The summed E-state index contributed by atoms with van der Waals surface area (Å²) in [6, 6.07) is 3.83. The average molecular weight is 226 g/mol. The Balaban J connectivity index is 2.34. The van der Waals surface area contributed by atoms with Crippen molar-refractivity contribution in [1.82, 2.24) is 15.2 Å². The van der Waals surface area contributed by atoms with E-state index in [1.54, 1.807) is 12.4 Å². The molecule has 0 spiro atoms. The van der Waals surface area contributed by atoms with Crippen LogP contribution in [0.3, 0.4) is 0 Å². The molecule has 0 amide bonds. The highest BCUT2D eigenvalue weighted by molar-refractivity contribution is 7.15. The molecule has 0 saturated heterocycles. The summed E-state index contributed by atoms with van der Waals surface area (Å²) in [5, 5.41) is 9.67. The predicted molar refractivity (Wildman–Crippen MR) is 57.4 cm³/mol. The number of hydrogen-bond donors (Lipinski definition) is 0. The molecule has 1 unspecified atom stereocenters. The Labute approximate surface area is 90.8 Å². The molecule has 0 aromatic carbocycles. The van der Waals surface area contributed by atoms with Crippen LogP contribution in [0.1, 0.15) is 17.3 Å². The maximum absolute atomic E-state index is 5.90. The van der Waals surface area contributed by atoms with Gasteiger partial charge in [0.05, 0.1) is 5.38 Å². The molecule has 1 atom stereocenters. The Hall–Kier alpha value is -1.00. The molecule has 3 nitrogen and oxygen atoms in total. The Morgan fingerprint density at radius 1 is 1.43 bits per heavy atom. The van der Waals surface area contributed by atoms with Gasteiger partial charge in [0.15, 0.2) is 0 Å². The number of halogens is 1. The van der Waals surface area contributed by atoms with E-state index in [0.29, 0.717) is 0 Å². The van der Waals surface area contributed by atoms with Crippen LogP contribution in [0.2, 0.25) is 0 Å². The first kappa shape index (κ1) is 9.55. The molecule has 2 aromatic rings. The van der Waals surface area contributed by atoms with Gasteiger partial charge in [0.1, 0.15) is 10.0 Å². The second kappa shape index (κ2) is 4.02. The van der Waals surface area contributed by atoms with Gasteiger partial charge < -0.3 is 0 Å². The minimum atomic E-state index is -0.0853. The van der Waals surface area contributed by atoms with Crippen molar-refractivity contribution in [3.63, 3.8) is 0 Å². The molecule has 14 heavy (non-hydrogen) atoms. The van der Waals surface area contributed by atoms with Crippen molar-refractivity contribution in [3.05, 3.63) is 29.5 Å². The third kappa shape index (κ3) is 1.91. The summed E-state index contributed by atoms with van der Waals surface area (Å²) < 4.78 is 0. The molecule has 0 aliphatic carbocycles. The van der Waals surface area contributed by atoms with Crippen molar-refractivity contribution in [1.29, 1.82) is 0 Å². The van der Waals surface area contributed by atoms with Gasteiger partial charge in [-0.05, 0) is 19.1 Å². The van der Waals surface area contributed by atoms with Gasteiger partial charge in [-0.15, -0.1) is 21.8 Å². The molecular weight excluding hydrogens is 218 g/mol. The second-order valence-corrected chi connectivity index (χ2v) is 4.47. The Kier molecular flexibility index (Phi) is 2.74. The van der Waals surface area contributed by atoms with E-state index in [-0.39, 0.29) is 5.38 Å². The molecule has 72 valence electrons. The van der Waals surface area contributed by atoms with Crippen LogP contribution in [0, 0.1) is 0 Å². The minimum Gasteiger partial charge on any atom is -0.264 e. The lowest BCUT2D eigenvalue weighted by molar-refractivity contribution is 0.962. The molecule has 0 N–H and O–H groups in total. The largest absolute Gasteiger partial charge is 0.264 e.